The molecule has 0 spiro atoms. The maximum atomic E-state index is 9.71. The molecular formula is C11H23NO2. The molecule has 0 aromatic heterocycles. The smallest absolute Gasteiger partial charge is 0.0765 e. The van der Waals surface area contributed by atoms with Crippen LogP contribution in [-0.4, -0.2) is 30.0 Å². The molecule has 3 nitrogen and oxygen atoms in total. The lowest BCUT2D eigenvalue weighted by Crippen LogP contribution is -2.37. The minimum Gasteiger partial charge on any atom is -0.389 e. The minimum absolute atomic E-state index is 0.104. The molecule has 0 bridgehead atoms. The van der Waals surface area contributed by atoms with E-state index in [4.69, 9.17) is 10.5 Å². The first-order chi connectivity index (χ1) is 6.53. The summed E-state index contributed by atoms with van der Waals surface area (Å²) in [5, 5.41) is 9.71. The van der Waals surface area contributed by atoms with Crippen molar-refractivity contribution >= 4 is 0 Å². The van der Waals surface area contributed by atoms with Crippen molar-refractivity contribution in [2.45, 2.75) is 51.2 Å². The van der Waals surface area contributed by atoms with Crippen molar-refractivity contribution in [1.29, 1.82) is 0 Å². The van der Waals surface area contributed by atoms with Crippen LogP contribution < -0.4 is 5.73 Å². The SMILES string of the molecule is CC(CC(C)(O)CN)OCCC1CC1. The minimum atomic E-state index is -0.779. The van der Waals surface area contributed by atoms with Gasteiger partial charge in [-0.25, -0.2) is 0 Å². The molecule has 1 fully saturated rings. The maximum absolute atomic E-state index is 9.71. The second kappa shape index (κ2) is 5.10. The van der Waals surface area contributed by atoms with Gasteiger partial charge in [0.05, 0.1) is 11.7 Å². The van der Waals surface area contributed by atoms with Crippen LogP contribution in [0.1, 0.15) is 39.5 Å². The number of rotatable bonds is 7. The van der Waals surface area contributed by atoms with Crippen LogP contribution in [0.15, 0.2) is 0 Å². The topological polar surface area (TPSA) is 55.5 Å². The molecule has 2 atom stereocenters. The Kier molecular flexibility index (Phi) is 4.35. The van der Waals surface area contributed by atoms with Crippen LogP contribution in [0, 0.1) is 5.92 Å². The Morgan fingerprint density at radius 2 is 2.21 bits per heavy atom. The highest BCUT2D eigenvalue weighted by Crippen LogP contribution is 2.32. The number of hydrogen-bond acceptors (Lipinski definition) is 3. The summed E-state index contributed by atoms with van der Waals surface area (Å²) in [5.41, 5.74) is 4.66. The van der Waals surface area contributed by atoms with E-state index in [1.807, 2.05) is 6.92 Å². The van der Waals surface area contributed by atoms with Gasteiger partial charge in [-0.05, 0) is 26.2 Å². The molecule has 0 saturated heterocycles. The van der Waals surface area contributed by atoms with E-state index in [0.717, 1.165) is 12.5 Å². The Bertz CT molecular complexity index is 167. The molecule has 3 heteroatoms. The first kappa shape index (κ1) is 12.0. The lowest BCUT2D eigenvalue weighted by atomic mass is 9.99. The molecule has 0 heterocycles. The summed E-state index contributed by atoms with van der Waals surface area (Å²) in [7, 11) is 0. The maximum Gasteiger partial charge on any atom is 0.0765 e. The van der Waals surface area contributed by atoms with Gasteiger partial charge in [0.2, 0.25) is 0 Å². The Labute approximate surface area is 86.6 Å². The van der Waals surface area contributed by atoms with E-state index in [9.17, 15) is 5.11 Å². The molecule has 2 unspecified atom stereocenters. The van der Waals surface area contributed by atoms with Crippen molar-refractivity contribution in [3.8, 4) is 0 Å². The van der Waals surface area contributed by atoms with Crippen LogP contribution in [-0.2, 0) is 4.74 Å². The van der Waals surface area contributed by atoms with Crippen LogP contribution >= 0.6 is 0 Å². The molecule has 3 N–H and O–H groups in total. The summed E-state index contributed by atoms with van der Waals surface area (Å²) in [6.45, 7) is 4.88. The normalized spacial score (nSPS) is 23.1. The Balaban J connectivity index is 2.04. The number of nitrogens with two attached hydrogens (primary N) is 1. The van der Waals surface area contributed by atoms with Crippen molar-refractivity contribution in [2.75, 3.05) is 13.2 Å². The number of ether oxygens (including phenoxy) is 1. The fourth-order valence-corrected chi connectivity index (χ4v) is 1.60. The van der Waals surface area contributed by atoms with Crippen molar-refractivity contribution in [2.24, 2.45) is 11.7 Å². The van der Waals surface area contributed by atoms with E-state index in [1.54, 1.807) is 6.92 Å². The van der Waals surface area contributed by atoms with Gasteiger partial charge in [-0.2, -0.15) is 0 Å². The molecule has 0 aromatic carbocycles. The van der Waals surface area contributed by atoms with Gasteiger partial charge in [-0.1, -0.05) is 12.8 Å². The molecule has 1 saturated carbocycles. The summed E-state index contributed by atoms with van der Waals surface area (Å²) in [6, 6.07) is 0. The highest BCUT2D eigenvalue weighted by molar-refractivity contribution is 4.77. The quantitative estimate of drug-likeness (QED) is 0.652. The zero-order chi connectivity index (χ0) is 10.6. The predicted octanol–water partition coefficient (Wildman–Crippen LogP) is 1.29. The van der Waals surface area contributed by atoms with Crippen LogP contribution in [0.4, 0.5) is 0 Å². The lowest BCUT2D eigenvalue weighted by molar-refractivity contribution is -0.0187. The van der Waals surface area contributed by atoms with Gasteiger partial charge in [0, 0.05) is 19.6 Å². The van der Waals surface area contributed by atoms with Gasteiger partial charge in [0.25, 0.3) is 0 Å². The van der Waals surface area contributed by atoms with Crippen molar-refractivity contribution < 1.29 is 9.84 Å². The third-order valence-electron chi connectivity index (χ3n) is 2.79. The third-order valence-corrected chi connectivity index (χ3v) is 2.79. The zero-order valence-corrected chi connectivity index (χ0v) is 9.33. The largest absolute Gasteiger partial charge is 0.389 e. The van der Waals surface area contributed by atoms with Crippen molar-refractivity contribution in [1.82, 2.24) is 0 Å². The van der Waals surface area contributed by atoms with E-state index >= 15 is 0 Å². The average molecular weight is 201 g/mol. The number of hydrogen-bond donors (Lipinski definition) is 2. The zero-order valence-electron chi connectivity index (χ0n) is 9.33. The first-order valence-corrected chi connectivity index (χ1v) is 5.57. The van der Waals surface area contributed by atoms with Crippen LogP contribution in [0.25, 0.3) is 0 Å². The average Bonchev–Trinajstić information content (AvgIpc) is 2.87. The Morgan fingerprint density at radius 1 is 1.57 bits per heavy atom. The standard InChI is InChI=1S/C11H23NO2/c1-9(7-11(2,13)8-12)14-6-5-10-3-4-10/h9-10,13H,3-8,12H2,1-2H3. The summed E-state index contributed by atoms with van der Waals surface area (Å²) in [4.78, 5) is 0. The molecular weight excluding hydrogens is 178 g/mol. The van der Waals surface area contributed by atoms with Crippen LogP contribution in [0.2, 0.25) is 0 Å². The third kappa shape index (κ3) is 4.94. The molecule has 0 radical (unpaired) electrons. The fourth-order valence-electron chi connectivity index (χ4n) is 1.60. The fraction of sp³-hybridized carbons (Fsp3) is 1.00. The molecule has 1 rings (SSSR count). The molecule has 0 aromatic rings. The van der Waals surface area contributed by atoms with E-state index in [2.05, 4.69) is 0 Å². The van der Waals surface area contributed by atoms with E-state index in [-0.39, 0.29) is 6.10 Å². The lowest BCUT2D eigenvalue weighted by Gasteiger charge is -2.25. The monoisotopic (exact) mass is 201 g/mol. The van der Waals surface area contributed by atoms with Gasteiger partial charge in [-0.15, -0.1) is 0 Å². The molecule has 0 aliphatic heterocycles. The predicted molar refractivity (Wildman–Crippen MR) is 57.1 cm³/mol. The molecule has 1 aliphatic rings. The Hall–Kier alpha value is -0.120. The van der Waals surface area contributed by atoms with Crippen molar-refractivity contribution in [3.63, 3.8) is 0 Å². The Morgan fingerprint density at radius 3 is 2.71 bits per heavy atom. The van der Waals surface area contributed by atoms with Gasteiger partial charge >= 0.3 is 0 Å². The highest BCUT2D eigenvalue weighted by atomic mass is 16.5. The molecule has 84 valence electrons. The summed E-state index contributed by atoms with van der Waals surface area (Å²) < 4.78 is 5.61. The van der Waals surface area contributed by atoms with Gasteiger partial charge in [-0.3, -0.25) is 0 Å². The van der Waals surface area contributed by atoms with E-state index in [0.29, 0.717) is 13.0 Å². The second-order valence-corrected chi connectivity index (χ2v) is 4.82. The second-order valence-electron chi connectivity index (χ2n) is 4.82. The van der Waals surface area contributed by atoms with E-state index in [1.165, 1.54) is 19.3 Å². The highest BCUT2D eigenvalue weighted by Gasteiger charge is 2.23. The number of aliphatic hydroxyl groups is 1. The van der Waals surface area contributed by atoms with Gasteiger partial charge in [0.15, 0.2) is 0 Å². The molecule has 0 amide bonds. The van der Waals surface area contributed by atoms with Crippen LogP contribution in [0.5, 0.6) is 0 Å². The first-order valence-electron chi connectivity index (χ1n) is 5.57. The van der Waals surface area contributed by atoms with Gasteiger partial charge in [0.1, 0.15) is 0 Å². The van der Waals surface area contributed by atoms with Crippen LogP contribution in [0.3, 0.4) is 0 Å². The molecule has 14 heavy (non-hydrogen) atoms. The van der Waals surface area contributed by atoms with E-state index < -0.39 is 5.60 Å². The summed E-state index contributed by atoms with van der Waals surface area (Å²) >= 11 is 0. The summed E-state index contributed by atoms with van der Waals surface area (Å²) in [6.07, 6.45) is 4.65. The molecule has 1 aliphatic carbocycles. The summed E-state index contributed by atoms with van der Waals surface area (Å²) in [5.74, 6) is 0.914. The van der Waals surface area contributed by atoms with Crippen molar-refractivity contribution in [3.05, 3.63) is 0 Å². The van der Waals surface area contributed by atoms with Gasteiger partial charge < -0.3 is 15.6 Å².